The highest BCUT2D eigenvalue weighted by Gasteiger charge is 2.22. The molecule has 0 amide bonds. The fourth-order valence-corrected chi connectivity index (χ4v) is 2.86. The van der Waals surface area contributed by atoms with Gasteiger partial charge in [0.2, 0.25) is 0 Å². The van der Waals surface area contributed by atoms with Crippen molar-refractivity contribution in [3.63, 3.8) is 0 Å². The average Bonchev–Trinajstić information content (AvgIpc) is 2.57. The summed E-state index contributed by atoms with van der Waals surface area (Å²) in [4.78, 5) is 23.0. The molecule has 1 N–H and O–H groups in total. The molecule has 26 heavy (non-hydrogen) atoms. The van der Waals surface area contributed by atoms with Gasteiger partial charge in [-0.25, -0.2) is 4.79 Å². The van der Waals surface area contributed by atoms with E-state index in [4.69, 9.17) is 49.4 Å². The number of carbonyl (C=O) groups is 2. The lowest BCUT2D eigenvalue weighted by atomic mass is 10.0. The number of rotatable bonds is 7. The number of hydrogen-bond acceptors (Lipinski definition) is 4. The maximum Gasteiger partial charge on any atom is 0.333 e. The standard InChI is InChI=1S/C18H15Cl3O5/c1-25-16(18(23)24)9-17(22)26-15-8-13(20)5-3-11(15)6-10-2-4-12(19)7-14(10)21/h2-5,7-8,16H,6,9H2,1H3,(H,23,24)/t16-/m1/s1. The molecule has 1 atom stereocenters. The number of carbonyl (C=O) groups excluding carboxylic acids is 1. The number of carboxylic acids is 1. The summed E-state index contributed by atoms with van der Waals surface area (Å²) in [6, 6.07) is 9.96. The molecular weight excluding hydrogens is 403 g/mol. The average molecular weight is 418 g/mol. The van der Waals surface area contributed by atoms with Crippen molar-refractivity contribution in [1.82, 2.24) is 0 Å². The van der Waals surface area contributed by atoms with Crippen molar-refractivity contribution < 1.29 is 24.2 Å². The molecule has 8 heteroatoms. The molecule has 0 unspecified atom stereocenters. The molecule has 5 nitrogen and oxygen atoms in total. The number of ether oxygens (including phenoxy) is 2. The number of benzene rings is 2. The van der Waals surface area contributed by atoms with Crippen LogP contribution in [0.1, 0.15) is 17.5 Å². The molecule has 0 fully saturated rings. The molecule has 0 bridgehead atoms. The lowest BCUT2D eigenvalue weighted by Crippen LogP contribution is -2.27. The van der Waals surface area contributed by atoms with E-state index < -0.39 is 24.5 Å². The van der Waals surface area contributed by atoms with Crippen LogP contribution in [0.2, 0.25) is 15.1 Å². The maximum absolute atomic E-state index is 12.1. The van der Waals surface area contributed by atoms with E-state index in [-0.39, 0.29) is 5.75 Å². The van der Waals surface area contributed by atoms with E-state index in [1.54, 1.807) is 30.3 Å². The first-order chi connectivity index (χ1) is 12.3. The van der Waals surface area contributed by atoms with Crippen molar-refractivity contribution in [2.24, 2.45) is 0 Å². The predicted octanol–water partition coefficient (Wildman–Crippen LogP) is 4.63. The summed E-state index contributed by atoms with van der Waals surface area (Å²) in [5.74, 6) is -1.76. The van der Waals surface area contributed by atoms with Gasteiger partial charge in [0, 0.05) is 28.6 Å². The maximum atomic E-state index is 12.1. The SMILES string of the molecule is CO[C@H](CC(=O)Oc1cc(Cl)ccc1Cc1ccc(Cl)cc1Cl)C(=O)O. The molecular formula is C18H15Cl3O5. The number of hydrogen-bond donors (Lipinski definition) is 1. The molecule has 0 saturated heterocycles. The molecule has 0 saturated carbocycles. The van der Waals surface area contributed by atoms with Gasteiger partial charge in [0.25, 0.3) is 0 Å². The Bertz CT molecular complexity index is 822. The molecule has 2 aromatic rings. The summed E-state index contributed by atoms with van der Waals surface area (Å²) >= 11 is 18.1. The fourth-order valence-electron chi connectivity index (χ4n) is 2.23. The molecule has 2 aromatic carbocycles. The van der Waals surface area contributed by atoms with Gasteiger partial charge in [0.15, 0.2) is 6.10 Å². The quantitative estimate of drug-likeness (QED) is 0.525. The lowest BCUT2D eigenvalue weighted by Gasteiger charge is -2.13. The van der Waals surface area contributed by atoms with Gasteiger partial charge < -0.3 is 14.6 Å². The van der Waals surface area contributed by atoms with Gasteiger partial charge in [-0.05, 0) is 35.4 Å². The Kier molecular flexibility index (Phi) is 7.29. The Morgan fingerprint density at radius 2 is 1.65 bits per heavy atom. The number of esters is 1. The lowest BCUT2D eigenvalue weighted by molar-refractivity contribution is -0.154. The minimum absolute atomic E-state index is 0.230. The molecule has 0 aromatic heterocycles. The molecule has 2 rings (SSSR count). The second kappa shape index (κ2) is 9.24. The van der Waals surface area contributed by atoms with Gasteiger partial charge in [0.05, 0.1) is 6.42 Å². The largest absolute Gasteiger partial charge is 0.479 e. The number of aliphatic carboxylic acids is 1. The van der Waals surface area contributed by atoms with Gasteiger partial charge in [-0.1, -0.05) is 46.9 Å². The van der Waals surface area contributed by atoms with Crippen LogP contribution < -0.4 is 4.74 Å². The van der Waals surface area contributed by atoms with Crippen LogP contribution in [0.3, 0.4) is 0 Å². The zero-order valence-corrected chi connectivity index (χ0v) is 15.9. The summed E-state index contributed by atoms with van der Waals surface area (Å²) in [6.07, 6.45) is -1.34. The van der Waals surface area contributed by atoms with E-state index in [2.05, 4.69) is 0 Å². The Morgan fingerprint density at radius 3 is 2.23 bits per heavy atom. The summed E-state index contributed by atoms with van der Waals surface area (Å²) in [5, 5.41) is 10.3. The highest BCUT2D eigenvalue weighted by Crippen LogP contribution is 2.29. The first-order valence-corrected chi connectivity index (χ1v) is 8.62. The number of carboxylic acid groups (broad SMARTS) is 1. The predicted molar refractivity (Wildman–Crippen MR) is 99.4 cm³/mol. The molecule has 138 valence electrons. The molecule has 0 heterocycles. The van der Waals surface area contributed by atoms with Gasteiger partial charge in [-0.15, -0.1) is 0 Å². The summed E-state index contributed by atoms with van der Waals surface area (Å²) < 4.78 is 10.0. The van der Waals surface area contributed by atoms with Crippen LogP contribution >= 0.6 is 34.8 Å². The minimum atomic E-state index is -1.28. The third-order valence-corrected chi connectivity index (χ3v) is 4.38. The molecule has 0 spiro atoms. The summed E-state index contributed by atoms with van der Waals surface area (Å²) in [6.45, 7) is 0. The van der Waals surface area contributed by atoms with Crippen LogP contribution in [0.5, 0.6) is 5.75 Å². The summed E-state index contributed by atoms with van der Waals surface area (Å²) in [7, 11) is 1.21. The van der Waals surface area contributed by atoms with Crippen molar-refractivity contribution in [2.75, 3.05) is 7.11 Å². The van der Waals surface area contributed by atoms with Crippen molar-refractivity contribution >= 4 is 46.7 Å². The fraction of sp³-hybridized carbons (Fsp3) is 0.222. The third kappa shape index (κ3) is 5.61. The van der Waals surface area contributed by atoms with Crippen LogP contribution in [0, 0.1) is 0 Å². The highest BCUT2D eigenvalue weighted by molar-refractivity contribution is 6.35. The first kappa shape index (κ1) is 20.5. The van der Waals surface area contributed by atoms with E-state index in [0.717, 1.165) is 5.56 Å². The van der Waals surface area contributed by atoms with Crippen LogP contribution in [0.4, 0.5) is 0 Å². The molecule has 0 aliphatic carbocycles. The third-order valence-electron chi connectivity index (χ3n) is 3.56. The van der Waals surface area contributed by atoms with Gasteiger partial charge in [-0.2, -0.15) is 0 Å². The zero-order valence-electron chi connectivity index (χ0n) is 13.7. The topological polar surface area (TPSA) is 72.8 Å². The Balaban J connectivity index is 2.21. The van der Waals surface area contributed by atoms with E-state index in [1.807, 2.05) is 0 Å². The Morgan fingerprint density at radius 1 is 1.04 bits per heavy atom. The van der Waals surface area contributed by atoms with E-state index >= 15 is 0 Å². The first-order valence-electron chi connectivity index (χ1n) is 7.48. The van der Waals surface area contributed by atoms with Crippen LogP contribution in [0.25, 0.3) is 0 Å². The minimum Gasteiger partial charge on any atom is -0.479 e. The van der Waals surface area contributed by atoms with E-state index in [0.29, 0.717) is 27.1 Å². The van der Waals surface area contributed by atoms with Crippen molar-refractivity contribution in [3.8, 4) is 5.75 Å². The van der Waals surface area contributed by atoms with Crippen molar-refractivity contribution in [3.05, 3.63) is 62.6 Å². The second-order valence-corrected chi connectivity index (χ2v) is 6.69. The molecule has 0 radical (unpaired) electrons. The monoisotopic (exact) mass is 416 g/mol. The van der Waals surface area contributed by atoms with E-state index in [9.17, 15) is 9.59 Å². The smallest absolute Gasteiger partial charge is 0.333 e. The summed E-state index contributed by atoms with van der Waals surface area (Å²) in [5.41, 5.74) is 1.45. The van der Waals surface area contributed by atoms with Crippen molar-refractivity contribution in [2.45, 2.75) is 18.9 Å². The zero-order chi connectivity index (χ0) is 19.3. The number of halogens is 3. The molecule has 0 aliphatic rings. The Hall–Kier alpha value is -1.79. The molecule has 0 aliphatic heterocycles. The van der Waals surface area contributed by atoms with E-state index in [1.165, 1.54) is 13.2 Å². The van der Waals surface area contributed by atoms with Crippen LogP contribution in [-0.4, -0.2) is 30.3 Å². The highest BCUT2D eigenvalue weighted by atomic mass is 35.5. The Labute approximate surface area is 165 Å². The van der Waals surface area contributed by atoms with Crippen LogP contribution in [0.15, 0.2) is 36.4 Å². The van der Waals surface area contributed by atoms with Crippen LogP contribution in [-0.2, 0) is 20.7 Å². The van der Waals surface area contributed by atoms with Gasteiger partial charge in [0.1, 0.15) is 5.75 Å². The van der Waals surface area contributed by atoms with Crippen molar-refractivity contribution in [1.29, 1.82) is 0 Å². The van der Waals surface area contributed by atoms with Gasteiger partial charge >= 0.3 is 11.9 Å². The number of methoxy groups -OCH3 is 1. The van der Waals surface area contributed by atoms with Gasteiger partial charge in [-0.3, -0.25) is 4.79 Å². The normalized spacial score (nSPS) is 11.8. The second-order valence-electron chi connectivity index (χ2n) is 5.41.